The van der Waals surface area contributed by atoms with Crippen LogP contribution in [-0.2, 0) is 13.6 Å². The van der Waals surface area contributed by atoms with Crippen molar-refractivity contribution in [3.05, 3.63) is 83.7 Å². The van der Waals surface area contributed by atoms with Gasteiger partial charge in [-0.25, -0.2) is 4.79 Å². The summed E-state index contributed by atoms with van der Waals surface area (Å²) in [5, 5.41) is 4.28. The summed E-state index contributed by atoms with van der Waals surface area (Å²) >= 11 is 0. The van der Waals surface area contributed by atoms with Crippen LogP contribution < -0.4 is 4.74 Å². The maximum absolute atomic E-state index is 12.6. The van der Waals surface area contributed by atoms with E-state index in [9.17, 15) is 4.79 Å². The van der Waals surface area contributed by atoms with Crippen LogP contribution >= 0.6 is 0 Å². The molecular formula is C20H19N3O2. The monoisotopic (exact) mass is 333 g/mol. The van der Waals surface area contributed by atoms with Crippen molar-refractivity contribution in [1.29, 1.82) is 0 Å². The smallest absolute Gasteiger partial charge is 0.410 e. The molecular weight excluding hydrogens is 314 g/mol. The molecule has 4 rings (SSSR count). The zero-order valence-corrected chi connectivity index (χ0v) is 14.0. The van der Waals surface area contributed by atoms with Crippen molar-refractivity contribution in [2.75, 3.05) is 6.54 Å². The van der Waals surface area contributed by atoms with E-state index < -0.39 is 0 Å². The minimum absolute atomic E-state index is 0.0990. The molecule has 0 saturated carbocycles. The van der Waals surface area contributed by atoms with Crippen LogP contribution in [0.4, 0.5) is 4.79 Å². The van der Waals surface area contributed by atoms with Gasteiger partial charge in [-0.2, -0.15) is 5.10 Å². The van der Waals surface area contributed by atoms with E-state index in [2.05, 4.69) is 17.2 Å². The van der Waals surface area contributed by atoms with Gasteiger partial charge in [0.2, 0.25) is 0 Å². The highest BCUT2D eigenvalue weighted by molar-refractivity contribution is 5.71. The number of aromatic nitrogens is 2. The Bertz CT molecular complexity index is 889. The predicted molar refractivity (Wildman–Crippen MR) is 94.4 cm³/mol. The highest BCUT2D eigenvalue weighted by Crippen LogP contribution is 2.33. The second-order valence-corrected chi connectivity index (χ2v) is 6.26. The summed E-state index contributed by atoms with van der Waals surface area (Å²) in [6.45, 7) is 1.13. The number of amides is 1. The third-order valence-corrected chi connectivity index (χ3v) is 4.53. The molecule has 0 N–H and O–H groups in total. The number of aryl methyl sites for hydroxylation is 1. The van der Waals surface area contributed by atoms with Crippen LogP contribution in [0.1, 0.15) is 22.6 Å². The van der Waals surface area contributed by atoms with E-state index in [4.69, 9.17) is 4.74 Å². The number of carbonyl (C=O) groups is 1. The number of para-hydroxylation sites is 1. The number of hydrogen-bond donors (Lipinski definition) is 0. The van der Waals surface area contributed by atoms with Gasteiger partial charge in [-0.3, -0.25) is 4.68 Å². The normalized spacial score (nSPS) is 16.4. The minimum atomic E-state index is -0.324. The second kappa shape index (κ2) is 6.43. The Kier molecular flexibility index (Phi) is 3.98. The third kappa shape index (κ3) is 3.13. The van der Waals surface area contributed by atoms with Gasteiger partial charge in [-0.1, -0.05) is 42.5 Å². The molecule has 1 atom stereocenters. The molecule has 126 valence electrons. The van der Waals surface area contributed by atoms with E-state index in [1.807, 2.05) is 49.8 Å². The largest absolute Gasteiger partial charge is 0.415 e. The fraction of sp³-hybridized carbons (Fsp3) is 0.200. The van der Waals surface area contributed by atoms with E-state index in [1.54, 1.807) is 21.7 Å². The van der Waals surface area contributed by atoms with Crippen LogP contribution in [0.3, 0.4) is 0 Å². The number of benzene rings is 2. The van der Waals surface area contributed by atoms with Gasteiger partial charge in [-0.05, 0) is 28.8 Å². The molecule has 5 heteroatoms. The van der Waals surface area contributed by atoms with Crippen LogP contribution in [0.15, 0.2) is 67.0 Å². The lowest BCUT2D eigenvalue weighted by molar-refractivity contribution is 0.144. The van der Waals surface area contributed by atoms with Gasteiger partial charge < -0.3 is 9.64 Å². The van der Waals surface area contributed by atoms with Crippen molar-refractivity contribution in [3.63, 3.8) is 0 Å². The highest BCUT2D eigenvalue weighted by atomic mass is 16.6. The summed E-state index contributed by atoms with van der Waals surface area (Å²) in [7, 11) is 1.90. The first kappa shape index (κ1) is 15.4. The Morgan fingerprint density at radius 2 is 1.88 bits per heavy atom. The predicted octanol–water partition coefficient (Wildman–Crippen LogP) is 3.57. The number of nitrogens with zero attached hydrogens (tertiary/aromatic N) is 3. The number of ether oxygens (including phenoxy) is 1. The maximum atomic E-state index is 12.6. The number of rotatable bonds is 2. The molecule has 2 aromatic carbocycles. The summed E-state index contributed by atoms with van der Waals surface area (Å²) in [4.78, 5) is 14.4. The van der Waals surface area contributed by atoms with Gasteiger partial charge >= 0.3 is 6.09 Å². The van der Waals surface area contributed by atoms with Crippen LogP contribution in [0.5, 0.6) is 5.75 Å². The Balaban J connectivity index is 1.62. The summed E-state index contributed by atoms with van der Waals surface area (Å²) in [6, 6.07) is 17.4. The summed E-state index contributed by atoms with van der Waals surface area (Å²) in [5.74, 6) is 0.659. The van der Waals surface area contributed by atoms with Gasteiger partial charge in [0.1, 0.15) is 5.75 Å². The number of hydrogen-bond acceptors (Lipinski definition) is 3. The summed E-state index contributed by atoms with van der Waals surface area (Å²) < 4.78 is 7.32. The molecule has 0 bridgehead atoms. The molecule has 2 heterocycles. The lowest BCUT2D eigenvalue weighted by Gasteiger charge is -2.33. The molecule has 1 aliphatic heterocycles. The van der Waals surface area contributed by atoms with Gasteiger partial charge in [0, 0.05) is 32.3 Å². The average Bonchev–Trinajstić information content (AvgIpc) is 3.08. The first-order valence-electron chi connectivity index (χ1n) is 8.29. The van der Waals surface area contributed by atoms with Gasteiger partial charge in [-0.15, -0.1) is 0 Å². The molecule has 0 radical (unpaired) electrons. The molecule has 0 fully saturated rings. The summed E-state index contributed by atoms with van der Waals surface area (Å²) in [6.07, 6.45) is 3.55. The lowest BCUT2D eigenvalue weighted by atomic mass is 9.86. The first-order chi connectivity index (χ1) is 12.2. The van der Waals surface area contributed by atoms with Crippen LogP contribution in [-0.4, -0.2) is 27.3 Å². The van der Waals surface area contributed by atoms with Crippen molar-refractivity contribution in [2.45, 2.75) is 12.5 Å². The Hall–Kier alpha value is -3.08. The number of carbonyl (C=O) groups excluding carboxylic acids is 1. The zero-order chi connectivity index (χ0) is 17.2. The van der Waals surface area contributed by atoms with E-state index >= 15 is 0 Å². The minimum Gasteiger partial charge on any atom is -0.410 e. The number of fused-ring (bicyclic) bond motifs is 1. The Morgan fingerprint density at radius 1 is 1.12 bits per heavy atom. The molecule has 1 aromatic heterocycles. The molecule has 0 aliphatic carbocycles. The van der Waals surface area contributed by atoms with Gasteiger partial charge in [0.25, 0.3) is 0 Å². The Labute approximate surface area is 146 Å². The van der Waals surface area contributed by atoms with E-state index in [0.29, 0.717) is 18.8 Å². The first-order valence-corrected chi connectivity index (χ1v) is 8.29. The molecule has 5 nitrogen and oxygen atoms in total. The molecule has 1 unspecified atom stereocenters. The third-order valence-electron chi connectivity index (χ3n) is 4.53. The second-order valence-electron chi connectivity index (χ2n) is 6.26. The maximum Gasteiger partial charge on any atom is 0.415 e. The van der Waals surface area contributed by atoms with E-state index in [1.165, 1.54) is 5.56 Å². The van der Waals surface area contributed by atoms with Crippen LogP contribution in [0, 0.1) is 0 Å². The van der Waals surface area contributed by atoms with Crippen molar-refractivity contribution >= 4 is 6.09 Å². The van der Waals surface area contributed by atoms with Crippen molar-refractivity contribution in [2.24, 2.45) is 7.05 Å². The van der Waals surface area contributed by atoms with Gasteiger partial charge in [0.15, 0.2) is 0 Å². The quantitative estimate of drug-likeness (QED) is 0.720. The molecule has 0 spiro atoms. The molecule has 3 aromatic rings. The molecule has 1 aliphatic rings. The van der Waals surface area contributed by atoms with Crippen molar-refractivity contribution in [3.8, 4) is 5.75 Å². The zero-order valence-electron chi connectivity index (χ0n) is 14.0. The van der Waals surface area contributed by atoms with E-state index in [0.717, 1.165) is 11.1 Å². The molecule has 0 saturated heterocycles. The average molecular weight is 333 g/mol. The Morgan fingerprint density at radius 3 is 2.64 bits per heavy atom. The molecule has 25 heavy (non-hydrogen) atoms. The fourth-order valence-corrected chi connectivity index (χ4v) is 3.31. The highest BCUT2D eigenvalue weighted by Gasteiger charge is 2.30. The van der Waals surface area contributed by atoms with Crippen LogP contribution in [0.2, 0.25) is 0 Å². The SMILES string of the molecule is Cn1cc(C2CN(C(=O)Oc3ccccc3)Cc3ccccc32)cn1. The van der Waals surface area contributed by atoms with Crippen LogP contribution in [0.25, 0.3) is 0 Å². The van der Waals surface area contributed by atoms with Crippen molar-refractivity contribution in [1.82, 2.24) is 14.7 Å². The fourth-order valence-electron chi connectivity index (χ4n) is 3.31. The lowest BCUT2D eigenvalue weighted by Crippen LogP contribution is -2.40. The van der Waals surface area contributed by atoms with Gasteiger partial charge in [0.05, 0.1) is 6.20 Å². The van der Waals surface area contributed by atoms with E-state index in [-0.39, 0.29) is 12.0 Å². The molecule has 1 amide bonds. The standard InChI is InChI=1S/C20H19N3O2/c1-22-12-16(11-21-22)19-14-23(13-15-7-5-6-10-18(15)19)20(24)25-17-8-3-2-4-9-17/h2-12,19H,13-14H2,1H3. The summed E-state index contributed by atoms with van der Waals surface area (Å²) in [5.41, 5.74) is 3.50. The van der Waals surface area contributed by atoms with Crippen molar-refractivity contribution < 1.29 is 9.53 Å². The topological polar surface area (TPSA) is 47.4 Å².